The van der Waals surface area contributed by atoms with Gasteiger partial charge in [-0.1, -0.05) is 50.2 Å². The van der Waals surface area contributed by atoms with Crippen LogP contribution in [-0.2, 0) is 16.1 Å². The van der Waals surface area contributed by atoms with Gasteiger partial charge in [0.15, 0.2) is 0 Å². The lowest BCUT2D eigenvalue weighted by atomic mass is 9.94. The van der Waals surface area contributed by atoms with Gasteiger partial charge in [0.25, 0.3) is 5.91 Å². The highest BCUT2D eigenvalue weighted by Gasteiger charge is 2.29. The van der Waals surface area contributed by atoms with Crippen LogP contribution in [0.1, 0.15) is 42.6 Å². The normalized spacial score (nSPS) is 14.4. The van der Waals surface area contributed by atoms with Gasteiger partial charge in [0.05, 0.1) is 0 Å². The summed E-state index contributed by atoms with van der Waals surface area (Å²) in [7, 11) is 1.84. The topological polar surface area (TPSA) is 69.7 Å². The number of nitrogens with zero attached hydrogens (tertiary/aromatic N) is 2. The number of anilines is 1. The Bertz CT molecular complexity index is 919. The molecule has 3 amide bonds. The standard InChI is InChI=1S/C25H31N3O3/c1-18(2)23(29)26-22-11-7-10-21(16-22)25(31)28-14-12-20(13-15-28)24(30)27(3)17-19-8-5-4-6-9-19/h4-11,16,18,20H,12-15,17H2,1-3H3,(H,26,29). The fourth-order valence-corrected chi connectivity index (χ4v) is 3.78. The van der Waals surface area contributed by atoms with E-state index >= 15 is 0 Å². The van der Waals surface area contributed by atoms with E-state index in [9.17, 15) is 14.4 Å². The maximum Gasteiger partial charge on any atom is 0.253 e. The summed E-state index contributed by atoms with van der Waals surface area (Å²) in [5.41, 5.74) is 2.28. The van der Waals surface area contributed by atoms with E-state index in [0.29, 0.717) is 43.7 Å². The SMILES string of the molecule is CC(C)C(=O)Nc1cccc(C(=O)N2CCC(C(=O)N(C)Cc3ccccc3)CC2)c1. The molecule has 1 heterocycles. The van der Waals surface area contributed by atoms with E-state index in [1.165, 1.54) is 0 Å². The van der Waals surface area contributed by atoms with Crippen LogP contribution in [0.5, 0.6) is 0 Å². The second kappa shape index (κ2) is 10.2. The van der Waals surface area contributed by atoms with Crippen LogP contribution < -0.4 is 5.32 Å². The molecule has 2 aromatic rings. The first kappa shape index (κ1) is 22.5. The van der Waals surface area contributed by atoms with Gasteiger partial charge in [-0.15, -0.1) is 0 Å². The largest absolute Gasteiger partial charge is 0.341 e. The van der Waals surface area contributed by atoms with Crippen LogP contribution in [0, 0.1) is 11.8 Å². The number of likely N-dealkylation sites (tertiary alicyclic amines) is 1. The van der Waals surface area contributed by atoms with Crippen molar-refractivity contribution in [2.45, 2.75) is 33.2 Å². The van der Waals surface area contributed by atoms with Crippen LogP contribution in [0.4, 0.5) is 5.69 Å². The minimum absolute atomic E-state index is 0.0607. The Hall–Kier alpha value is -3.15. The molecule has 31 heavy (non-hydrogen) atoms. The molecule has 1 aliphatic heterocycles. The van der Waals surface area contributed by atoms with Crippen LogP contribution in [0.2, 0.25) is 0 Å². The lowest BCUT2D eigenvalue weighted by Gasteiger charge is -2.33. The summed E-state index contributed by atoms with van der Waals surface area (Å²) >= 11 is 0. The quantitative estimate of drug-likeness (QED) is 0.771. The minimum Gasteiger partial charge on any atom is -0.341 e. The van der Waals surface area contributed by atoms with Crippen molar-refractivity contribution in [3.05, 3.63) is 65.7 Å². The highest BCUT2D eigenvalue weighted by atomic mass is 16.2. The van der Waals surface area contributed by atoms with E-state index in [-0.39, 0.29) is 29.6 Å². The summed E-state index contributed by atoms with van der Waals surface area (Å²) < 4.78 is 0. The van der Waals surface area contributed by atoms with Crippen molar-refractivity contribution in [3.63, 3.8) is 0 Å². The molecule has 0 spiro atoms. The molecular weight excluding hydrogens is 390 g/mol. The smallest absolute Gasteiger partial charge is 0.253 e. The highest BCUT2D eigenvalue weighted by Crippen LogP contribution is 2.22. The number of carbonyl (C=O) groups is 3. The summed E-state index contributed by atoms with van der Waals surface area (Å²) in [6.45, 7) is 5.35. The third-order valence-corrected chi connectivity index (χ3v) is 5.67. The third kappa shape index (κ3) is 5.94. The molecule has 0 atom stereocenters. The Labute approximate surface area is 184 Å². The first-order valence-electron chi connectivity index (χ1n) is 10.8. The van der Waals surface area contributed by atoms with Crippen LogP contribution >= 0.6 is 0 Å². The van der Waals surface area contributed by atoms with Gasteiger partial charge in [0.2, 0.25) is 11.8 Å². The average molecular weight is 422 g/mol. The molecule has 3 rings (SSSR count). The molecular formula is C25H31N3O3. The molecule has 1 fully saturated rings. The highest BCUT2D eigenvalue weighted by molar-refractivity contribution is 5.97. The zero-order valence-corrected chi connectivity index (χ0v) is 18.5. The fraction of sp³-hybridized carbons (Fsp3) is 0.400. The van der Waals surface area contributed by atoms with Crippen molar-refractivity contribution < 1.29 is 14.4 Å². The average Bonchev–Trinajstić information content (AvgIpc) is 2.79. The molecule has 0 aromatic heterocycles. The van der Waals surface area contributed by atoms with E-state index in [4.69, 9.17) is 0 Å². The first-order valence-corrected chi connectivity index (χ1v) is 10.8. The van der Waals surface area contributed by atoms with Gasteiger partial charge in [-0.25, -0.2) is 0 Å². The van der Waals surface area contributed by atoms with Gasteiger partial charge in [0, 0.05) is 49.8 Å². The summed E-state index contributed by atoms with van der Waals surface area (Å²) in [6.07, 6.45) is 1.32. The molecule has 0 aliphatic carbocycles. The molecule has 1 saturated heterocycles. The van der Waals surface area contributed by atoms with Gasteiger partial charge in [-0.05, 0) is 36.6 Å². The predicted molar refractivity (Wildman–Crippen MR) is 121 cm³/mol. The van der Waals surface area contributed by atoms with Crippen LogP contribution in [0.15, 0.2) is 54.6 Å². The maximum absolute atomic E-state index is 12.9. The molecule has 0 unspecified atom stereocenters. The van der Waals surface area contributed by atoms with Crippen LogP contribution in [-0.4, -0.2) is 47.7 Å². The molecule has 1 aliphatic rings. The van der Waals surface area contributed by atoms with Crippen molar-refractivity contribution in [1.82, 2.24) is 9.80 Å². The van der Waals surface area contributed by atoms with Crippen molar-refractivity contribution in [2.24, 2.45) is 11.8 Å². The van der Waals surface area contributed by atoms with Crippen LogP contribution in [0.25, 0.3) is 0 Å². The number of amides is 3. The Kier molecular flexibility index (Phi) is 7.45. The van der Waals surface area contributed by atoms with E-state index < -0.39 is 0 Å². The number of rotatable bonds is 6. The predicted octanol–water partition coefficient (Wildman–Crippen LogP) is 3.79. The Morgan fingerprint density at radius 3 is 2.35 bits per heavy atom. The van der Waals surface area contributed by atoms with Crippen molar-refractivity contribution >= 4 is 23.4 Å². The maximum atomic E-state index is 12.9. The second-order valence-electron chi connectivity index (χ2n) is 8.47. The molecule has 1 N–H and O–H groups in total. The van der Waals surface area contributed by atoms with Crippen molar-refractivity contribution in [2.75, 3.05) is 25.5 Å². The van der Waals surface area contributed by atoms with Crippen molar-refractivity contribution in [1.29, 1.82) is 0 Å². The third-order valence-electron chi connectivity index (χ3n) is 5.67. The molecule has 6 heteroatoms. The summed E-state index contributed by atoms with van der Waals surface area (Å²) in [4.78, 5) is 41.3. The molecule has 0 radical (unpaired) electrons. The van der Waals surface area contributed by atoms with E-state index in [0.717, 1.165) is 5.56 Å². The molecule has 2 aromatic carbocycles. The number of nitrogens with one attached hydrogen (secondary N) is 1. The Balaban J connectivity index is 1.55. The summed E-state index contributed by atoms with van der Waals surface area (Å²) in [5.74, 6) is -0.201. The Morgan fingerprint density at radius 2 is 1.71 bits per heavy atom. The zero-order valence-electron chi connectivity index (χ0n) is 18.5. The number of hydrogen-bond donors (Lipinski definition) is 1. The summed E-state index contributed by atoms with van der Waals surface area (Å²) in [5, 5.41) is 2.83. The fourth-order valence-electron chi connectivity index (χ4n) is 3.78. The first-order chi connectivity index (χ1) is 14.8. The van der Waals surface area contributed by atoms with E-state index in [2.05, 4.69) is 5.32 Å². The molecule has 0 saturated carbocycles. The monoisotopic (exact) mass is 421 g/mol. The number of benzene rings is 2. The Morgan fingerprint density at radius 1 is 1.03 bits per heavy atom. The van der Waals surface area contributed by atoms with Crippen LogP contribution in [0.3, 0.4) is 0 Å². The van der Waals surface area contributed by atoms with E-state index in [1.54, 1.807) is 34.1 Å². The molecule has 0 bridgehead atoms. The van der Waals surface area contributed by atoms with E-state index in [1.807, 2.05) is 51.2 Å². The van der Waals surface area contributed by atoms with Gasteiger partial charge >= 0.3 is 0 Å². The van der Waals surface area contributed by atoms with Gasteiger partial charge in [0.1, 0.15) is 0 Å². The number of carbonyl (C=O) groups excluding carboxylic acids is 3. The summed E-state index contributed by atoms with van der Waals surface area (Å²) in [6, 6.07) is 17.0. The number of piperidine rings is 1. The van der Waals surface area contributed by atoms with Gasteiger partial charge in [-0.3, -0.25) is 14.4 Å². The minimum atomic E-state index is -0.129. The number of hydrogen-bond acceptors (Lipinski definition) is 3. The molecule has 164 valence electrons. The van der Waals surface area contributed by atoms with Gasteiger partial charge in [-0.2, -0.15) is 0 Å². The van der Waals surface area contributed by atoms with Crippen molar-refractivity contribution in [3.8, 4) is 0 Å². The lowest BCUT2D eigenvalue weighted by Crippen LogP contribution is -2.43. The zero-order chi connectivity index (χ0) is 22.4. The van der Waals surface area contributed by atoms with Gasteiger partial charge < -0.3 is 15.1 Å². The lowest BCUT2D eigenvalue weighted by molar-refractivity contribution is -0.136. The molecule has 6 nitrogen and oxygen atoms in total. The second-order valence-corrected chi connectivity index (χ2v) is 8.47.